The van der Waals surface area contributed by atoms with E-state index < -0.39 is 11.1 Å². The molecule has 0 aromatic heterocycles. The van der Waals surface area contributed by atoms with Crippen LogP contribution >= 0.6 is 0 Å². The molecule has 0 saturated heterocycles. The van der Waals surface area contributed by atoms with Crippen LogP contribution in [0, 0.1) is 0 Å². The second-order valence-electron chi connectivity index (χ2n) is 4.23. The lowest BCUT2D eigenvalue weighted by atomic mass is 10.1. The van der Waals surface area contributed by atoms with E-state index >= 15 is 0 Å². The van der Waals surface area contributed by atoms with Crippen LogP contribution in [0.2, 0.25) is 0 Å². The molecule has 1 aliphatic rings. The summed E-state index contributed by atoms with van der Waals surface area (Å²) in [5.41, 5.74) is 1.12. The number of anilines is 1. The minimum Gasteiger partial charge on any atom is -0.302 e. The average molecular weight is 287 g/mol. The Labute approximate surface area is 117 Å². The minimum atomic E-state index is -2.08. The van der Waals surface area contributed by atoms with Gasteiger partial charge in [0.2, 0.25) is 0 Å². The predicted octanol–water partition coefficient (Wildman–Crippen LogP) is 2.07. The molecule has 3 rings (SSSR count). The number of carbonyl (C=O) groups excluding carboxylic acids is 2. The molecule has 0 saturated carbocycles. The molecule has 1 N–H and O–H groups in total. The molecule has 0 aliphatic carbocycles. The Morgan fingerprint density at radius 3 is 1.80 bits per heavy atom. The van der Waals surface area contributed by atoms with Gasteiger partial charge in [-0.1, -0.05) is 12.1 Å². The normalized spacial score (nSPS) is 15.3. The van der Waals surface area contributed by atoms with Gasteiger partial charge in [-0.05, 0) is 36.4 Å². The van der Waals surface area contributed by atoms with Gasteiger partial charge in [0.15, 0.2) is 11.1 Å². The monoisotopic (exact) mass is 287 g/mol. The Balaban J connectivity index is 2.02. The Morgan fingerprint density at radius 2 is 1.35 bits per heavy atom. The number of nitrogens with zero attached hydrogens (tertiary/aromatic N) is 1. The van der Waals surface area contributed by atoms with Crippen LogP contribution in [0.15, 0.2) is 53.4 Å². The maximum Gasteiger partial charge on any atom is 0.266 e. The molecule has 0 radical (unpaired) electrons. The largest absolute Gasteiger partial charge is 0.302 e. The van der Waals surface area contributed by atoms with Crippen molar-refractivity contribution in [2.75, 3.05) is 4.90 Å². The second kappa shape index (κ2) is 4.66. The highest BCUT2D eigenvalue weighted by Gasteiger charge is 2.36. The molecule has 20 heavy (non-hydrogen) atoms. The van der Waals surface area contributed by atoms with E-state index in [9.17, 15) is 13.8 Å². The van der Waals surface area contributed by atoms with Gasteiger partial charge in [-0.2, -0.15) is 0 Å². The van der Waals surface area contributed by atoms with Crippen LogP contribution in [0.1, 0.15) is 20.7 Å². The molecule has 1 unspecified atom stereocenters. The maximum absolute atomic E-state index is 12.2. The first kappa shape index (κ1) is 12.7. The van der Waals surface area contributed by atoms with Gasteiger partial charge in [-0.15, -0.1) is 0 Å². The first-order valence-corrected chi connectivity index (χ1v) is 6.89. The first-order chi connectivity index (χ1) is 9.59. The Bertz CT molecular complexity index is 704. The summed E-state index contributed by atoms with van der Waals surface area (Å²) in [6, 6.07) is 12.4. The van der Waals surface area contributed by atoms with E-state index in [0.29, 0.717) is 16.8 Å². The van der Waals surface area contributed by atoms with Crippen molar-refractivity contribution >= 4 is 28.6 Å². The Kier molecular flexibility index (Phi) is 2.96. The number of amides is 2. The fraction of sp³-hybridized carbons (Fsp3) is 0. The number of benzene rings is 2. The summed E-state index contributed by atoms with van der Waals surface area (Å²) in [5, 5.41) is 0. The van der Waals surface area contributed by atoms with Crippen LogP contribution in [-0.4, -0.2) is 20.6 Å². The van der Waals surface area contributed by atoms with E-state index in [-0.39, 0.29) is 16.7 Å². The quantitative estimate of drug-likeness (QED) is 0.677. The third-order valence-corrected chi connectivity index (χ3v) is 3.77. The zero-order valence-corrected chi connectivity index (χ0v) is 11.0. The molecule has 1 atom stereocenters. The molecule has 0 fully saturated rings. The summed E-state index contributed by atoms with van der Waals surface area (Å²) < 4.78 is 19.9. The SMILES string of the molecule is O=C1c2ccccc2C(=O)N1c1ccc(S(=O)O)cc1. The molecule has 6 heteroatoms. The molecule has 2 aromatic carbocycles. The number of rotatable bonds is 2. The van der Waals surface area contributed by atoms with Gasteiger partial charge in [-0.3, -0.25) is 9.59 Å². The van der Waals surface area contributed by atoms with Crippen molar-refractivity contribution in [1.82, 2.24) is 0 Å². The molecular formula is C14H9NO4S. The van der Waals surface area contributed by atoms with Crippen molar-refractivity contribution in [1.29, 1.82) is 0 Å². The van der Waals surface area contributed by atoms with E-state index in [1.807, 2.05) is 0 Å². The van der Waals surface area contributed by atoms with Crippen molar-refractivity contribution in [3.8, 4) is 0 Å². The third kappa shape index (κ3) is 1.86. The van der Waals surface area contributed by atoms with E-state index in [4.69, 9.17) is 4.55 Å². The van der Waals surface area contributed by atoms with Gasteiger partial charge >= 0.3 is 0 Å². The van der Waals surface area contributed by atoms with Gasteiger partial charge in [0, 0.05) is 0 Å². The number of hydrogen-bond acceptors (Lipinski definition) is 3. The van der Waals surface area contributed by atoms with Gasteiger partial charge in [-0.25, -0.2) is 9.11 Å². The molecule has 2 aromatic rings. The van der Waals surface area contributed by atoms with Gasteiger partial charge in [0.25, 0.3) is 11.8 Å². The highest BCUT2D eigenvalue weighted by Crippen LogP contribution is 2.28. The minimum absolute atomic E-state index is 0.213. The number of carbonyl (C=O) groups is 2. The molecule has 1 heterocycles. The van der Waals surface area contributed by atoms with Crippen molar-refractivity contribution in [3.63, 3.8) is 0 Å². The fourth-order valence-electron chi connectivity index (χ4n) is 2.14. The number of hydrogen-bond donors (Lipinski definition) is 1. The van der Waals surface area contributed by atoms with Crippen LogP contribution < -0.4 is 4.90 Å². The standard InChI is InChI=1S/C14H9NO4S/c16-13-11-3-1-2-4-12(11)14(17)15(13)9-5-7-10(8-6-9)20(18)19/h1-8H,(H,18,19). The molecular weight excluding hydrogens is 278 g/mol. The van der Waals surface area contributed by atoms with E-state index in [1.54, 1.807) is 24.3 Å². The lowest BCUT2D eigenvalue weighted by Crippen LogP contribution is -2.29. The van der Waals surface area contributed by atoms with Gasteiger partial charge in [0.05, 0.1) is 21.7 Å². The van der Waals surface area contributed by atoms with Crippen LogP contribution in [0.4, 0.5) is 5.69 Å². The Hall–Kier alpha value is -2.31. The Morgan fingerprint density at radius 1 is 0.850 bits per heavy atom. The zero-order chi connectivity index (χ0) is 14.3. The topological polar surface area (TPSA) is 74.7 Å². The van der Waals surface area contributed by atoms with Crippen molar-refractivity contribution in [2.45, 2.75) is 4.90 Å². The third-order valence-electron chi connectivity index (χ3n) is 3.09. The van der Waals surface area contributed by atoms with Crippen LogP contribution in [0.3, 0.4) is 0 Å². The maximum atomic E-state index is 12.2. The van der Waals surface area contributed by atoms with E-state index in [1.165, 1.54) is 24.3 Å². The van der Waals surface area contributed by atoms with Crippen molar-refractivity contribution < 1.29 is 18.4 Å². The van der Waals surface area contributed by atoms with Crippen molar-refractivity contribution in [2.24, 2.45) is 0 Å². The van der Waals surface area contributed by atoms with Gasteiger partial charge in [0.1, 0.15) is 0 Å². The first-order valence-electron chi connectivity index (χ1n) is 5.78. The van der Waals surface area contributed by atoms with E-state index in [2.05, 4.69) is 0 Å². The highest BCUT2D eigenvalue weighted by molar-refractivity contribution is 7.79. The summed E-state index contributed by atoms with van der Waals surface area (Å²) in [6.45, 7) is 0. The number of imide groups is 1. The fourth-order valence-corrected chi connectivity index (χ4v) is 2.50. The summed E-state index contributed by atoms with van der Waals surface area (Å²) in [6.07, 6.45) is 0. The summed E-state index contributed by atoms with van der Waals surface area (Å²) in [5.74, 6) is -0.771. The van der Waals surface area contributed by atoms with Crippen LogP contribution in [-0.2, 0) is 11.1 Å². The lowest BCUT2D eigenvalue weighted by Gasteiger charge is -2.13. The summed E-state index contributed by atoms with van der Waals surface area (Å²) >= 11 is -2.08. The zero-order valence-electron chi connectivity index (χ0n) is 10.1. The molecule has 1 aliphatic heterocycles. The summed E-state index contributed by atoms with van der Waals surface area (Å²) in [7, 11) is 0. The van der Waals surface area contributed by atoms with Crippen LogP contribution in [0.5, 0.6) is 0 Å². The number of fused-ring (bicyclic) bond motifs is 1. The van der Waals surface area contributed by atoms with E-state index in [0.717, 1.165) is 4.90 Å². The summed E-state index contributed by atoms with van der Waals surface area (Å²) in [4.78, 5) is 25.7. The smallest absolute Gasteiger partial charge is 0.266 e. The van der Waals surface area contributed by atoms with Gasteiger partial charge < -0.3 is 4.55 Å². The lowest BCUT2D eigenvalue weighted by molar-refractivity contribution is 0.0926. The molecule has 2 amide bonds. The molecule has 100 valence electrons. The molecule has 5 nitrogen and oxygen atoms in total. The van der Waals surface area contributed by atoms with Crippen molar-refractivity contribution in [3.05, 3.63) is 59.7 Å². The average Bonchev–Trinajstić information content (AvgIpc) is 2.72. The predicted molar refractivity (Wildman–Crippen MR) is 73.1 cm³/mol. The molecule has 0 bridgehead atoms. The van der Waals surface area contributed by atoms with Crippen LogP contribution in [0.25, 0.3) is 0 Å². The molecule has 0 spiro atoms. The highest BCUT2D eigenvalue weighted by atomic mass is 32.2. The second-order valence-corrected chi connectivity index (χ2v) is 5.20.